The molecule has 0 aliphatic rings. The van der Waals surface area contributed by atoms with Crippen LogP contribution in [-0.2, 0) is 13.5 Å². The molecule has 0 saturated carbocycles. The molecule has 0 aliphatic heterocycles. The summed E-state index contributed by atoms with van der Waals surface area (Å²) in [6.45, 7) is 4.10. The Morgan fingerprint density at radius 1 is 1.30 bits per heavy atom. The highest BCUT2D eigenvalue weighted by Gasteiger charge is 2.16. The molecule has 0 amide bonds. The number of aromatic nitrogens is 4. The summed E-state index contributed by atoms with van der Waals surface area (Å²) < 4.78 is 7.10. The first-order chi connectivity index (χ1) is 9.54. The van der Waals surface area contributed by atoms with Crippen molar-refractivity contribution in [3.05, 3.63) is 35.0 Å². The lowest BCUT2D eigenvalue weighted by molar-refractivity contribution is 0.382. The summed E-state index contributed by atoms with van der Waals surface area (Å²) in [5, 5.41) is 4.42. The molecule has 0 bridgehead atoms. The van der Waals surface area contributed by atoms with E-state index in [2.05, 4.69) is 22.0 Å². The van der Waals surface area contributed by atoms with E-state index in [9.17, 15) is 0 Å². The number of rotatable bonds is 5. The average Bonchev–Trinajstić information content (AvgIpc) is 2.70. The Labute approximate surface area is 119 Å². The first kappa shape index (κ1) is 14.5. The number of hydrogen-bond donors (Lipinski definition) is 1. The highest BCUT2D eigenvalue weighted by atomic mass is 16.5. The van der Waals surface area contributed by atoms with Crippen LogP contribution in [0.1, 0.15) is 35.1 Å². The Bertz CT molecular complexity index is 593. The van der Waals surface area contributed by atoms with Crippen LogP contribution in [-0.4, -0.2) is 26.9 Å². The van der Waals surface area contributed by atoms with E-state index < -0.39 is 0 Å². The second-order valence-corrected chi connectivity index (χ2v) is 4.87. The SMILES string of the molecule is COc1nccnc1C(N)CCc1c(C)nn(C)c1C. The average molecular weight is 275 g/mol. The van der Waals surface area contributed by atoms with Crippen molar-refractivity contribution < 1.29 is 4.74 Å². The molecule has 2 aromatic rings. The molecule has 0 fully saturated rings. The lowest BCUT2D eigenvalue weighted by atomic mass is 10.0. The maximum Gasteiger partial charge on any atom is 0.236 e. The summed E-state index contributed by atoms with van der Waals surface area (Å²) >= 11 is 0. The van der Waals surface area contributed by atoms with Crippen LogP contribution >= 0.6 is 0 Å². The number of methoxy groups -OCH3 is 1. The van der Waals surface area contributed by atoms with Gasteiger partial charge in [0.25, 0.3) is 0 Å². The molecular weight excluding hydrogens is 254 g/mol. The topological polar surface area (TPSA) is 78.8 Å². The Morgan fingerprint density at radius 2 is 2.00 bits per heavy atom. The third-order valence-electron chi connectivity index (χ3n) is 3.60. The zero-order chi connectivity index (χ0) is 14.7. The molecular formula is C14H21N5O. The molecule has 2 N–H and O–H groups in total. The van der Waals surface area contributed by atoms with E-state index in [0.717, 1.165) is 18.5 Å². The van der Waals surface area contributed by atoms with Crippen LogP contribution in [0.2, 0.25) is 0 Å². The number of nitrogens with zero attached hydrogens (tertiary/aromatic N) is 4. The van der Waals surface area contributed by atoms with Gasteiger partial charge in [0.2, 0.25) is 5.88 Å². The standard InChI is InChI=1S/C14H21N5O/c1-9-11(10(2)19(3)18-9)5-6-12(15)13-14(20-4)17-8-7-16-13/h7-8,12H,5-6,15H2,1-4H3. The van der Waals surface area contributed by atoms with Crippen LogP contribution in [0.25, 0.3) is 0 Å². The van der Waals surface area contributed by atoms with Crippen molar-refractivity contribution in [2.24, 2.45) is 12.8 Å². The summed E-state index contributed by atoms with van der Waals surface area (Å²) in [6, 6.07) is -0.197. The summed E-state index contributed by atoms with van der Waals surface area (Å²) in [4.78, 5) is 8.41. The van der Waals surface area contributed by atoms with Gasteiger partial charge in [-0.1, -0.05) is 0 Å². The molecule has 1 atom stereocenters. The Hall–Kier alpha value is -1.95. The van der Waals surface area contributed by atoms with Crippen molar-refractivity contribution in [1.82, 2.24) is 19.7 Å². The van der Waals surface area contributed by atoms with Crippen LogP contribution in [0.4, 0.5) is 0 Å². The van der Waals surface area contributed by atoms with E-state index in [1.54, 1.807) is 19.5 Å². The quantitative estimate of drug-likeness (QED) is 0.894. The van der Waals surface area contributed by atoms with E-state index in [-0.39, 0.29) is 6.04 Å². The predicted octanol–water partition coefficient (Wildman–Crippen LogP) is 1.47. The Morgan fingerprint density at radius 3 is 2.60 bits per heavy atom. The first-order valence-electron chi connectivity index (χ1n) is 6.64. The second kappa shape index (κ2) is 6.00. The number of ether oxygens (including phenoxy) is 1. The van der Waals surface area contributed by atoms with Crippen molar-refractivity contribution >= 4 is 0 Å². The third-order valence-corrected chi connectivity index (χ3v) is 3.60. The van der Waals surface area contributed by atoms with Crippen LogP contribution in [0.5, 0.6) is 5.88 Å². The number of hydrogen-bond acceptors (Lipinski definition) is 5. The molecule has 6 nitrogen and oxygen atoms in total. The van der Waals surface area contributed by atoms with Crippen molar-refractivity contribution in [3.63, 3.8) is 0 Å². The molecule has 0 saturated heterocycles. The lowest BCUT2D eigenvalue weighted by Crippen LogP contribution is -2.15. The number of nitrogens with two attached hydrogens (primary N) is 1. The molecule has 0 spiro atoms. The highest BCUT2D eigenvalue weighted by Crippen LogP contribution is 2.23. The van der Waals surface area contributed by atoms with E-state index >= 15 is 0 Å². The van der Waals surface area contributed by atoms with Gasteiger partial charge in [0, 0.05) is 25.1 Å². The minimum atomic E-state index is -0.197. The van der Waals surface area contributed by atoms with E-state index in [1.165, 1.54) is 11.3 Å². The molecule has 2 rings (SSSR count). The smallest absolute Gasteiger partial charge is 0.236 e. The summed E-state index contributed by atoms with van der Waals surface area (Å²) in [7, 11) is 3.53. The second-order valence-electron chi connectivity index (χ2n) is 4.87. The van der Waals surface area contributed by atoms with E-state index in [0.29, 0.717) is 11.6 Å². The first-order valence-corrected chi connectivity index (χ1v) is 6.64. The van der Waals surface area contributed by atoms with Crippen molar-refractivity contribution in [3.8, 4) is 5.88 Å². The molecule has 2 aromatic heterocycles. The molecule has 6 heteroatoms. The fraction of sp³-hybridized carbons (Fsp3) is 0.500. The molecule has 0 aliphatic carbocycles. The van der Waals surface area contributed by atoms with E-state index in [1.807, 2.05) is 18.7 Å². The van der Waals surface area contributed by atoms with Crippen LogP contribution < -0.4 is 10.5 Å². The summed E-state index contributed by atoms with van der Waals surface area (Å²) in [5.41, 5.74) is 10.4. The van der Waals surface area contributed by atoms with Gasteiger partial charge in [0.05, 0.1) is 18.8 Å². The van der Waals surface area contributed by atoms with Gasteiger partial charge in [-0.25, -0.2) is 4.98 Å². The lowest BCUT2D eigenvalue weighted by Gasteiger charge is -2.13. The van der Waals surface area contributed by atoms with Crippen molar-refractivity contribution in [2.75, 3.05) is 7.11 Å². The van der Waals surface area contributed by atoms with Gasteiger partial charge in [-0.15, -0.1) is 0 Å². The fourth-order valence-electron chi connectivity index (χ4n) is 2.36. The van der Waals surface area contributed by atoms with Gasteiger partial charge in [-0.05, 0) is 32.3 Å². The Kier molecular flexibility index (Phi) is 4.34. The van der Waals surface area contributed by atoms with Crippen molar-refractivity contribution in [2.45, 2.75) is 32.7 Å². The highest BCUT2D eigenvalue weighted by molar-refractivity contribution is 5.26. The summed E-state index contributed by atoms with van der Waals surface area (Å²) in [6.07, 6.45) is 4.89. The van der Waals surface area contributed by atoms with Gasteiger partial charge in [-0.2, -0.15) is 5.10 Å². The van der Waals surface area contributed by atoms with Crippen LogP contribution in [0.3, 0.4) is 0 Å². The maximum atomic E-state index is 6.22. The monoisotopic (exact) mass is 275 g/mol. The van der Waals surface area contributed by atoms with Gasteiger partial charge >= 0.3 is 0 Å². The van der Waals surface area contributed by atoms with Crippen molar-refractivity contribution in [1.29, 1.82) is 0 Å². The molecule has 0 radical (unpaired) electrons. The molecule has 1 unspecified atom stereocenters. The van der Waals surface area contributed by atoms with Crippen LogP contribution in [0, 0.1) is 13.8 Å². The minimum absolute atomic E-state index is 0.197. The van der Waals surface area contributed by atoms with Gasteiger partial charge in [0.15, 0.2) is 0 Å². The molecule has 108 valence electrons. The maximum absolute atomic E-state index is 6.22. The van der Waals surface area contributed by atoms with Gasteiger partial charge in [0.1, 0.15) is 5.69 Å². The minimum Gasteiger partial charge on any atom is -0.480 e. The molecule has 20 heavy (non-hydrogen) atoms. The normalized spacial score (nSPS) is 12.4. The predicted molar refractivity (Wildman–Crippen MR) is 76.5 cm³/mol. The number of aryl methyl sites for hydroxylation is 2. The van der Waals surface area contributed by atoms with Crippen LogP contribution in [0.15, 0.2) is 12.4 Å². The zero-order valence-electron chi connectivity index (χ0n) is 12.4. The largest absolute Gasteiger partial charge is 0.480 e. The Balaban J connectivity index is 2.10. The van der Waals surface area contributed by atoms with Gasteiger partial charge < -0.3 is 10.5 Å². The zero-order valence-corrected chi connectivity index (χ0v) is 12.4. The third kappa shape index (κ3) is 2.80. The van der Waals surface area contributed by atoms with E-state index in [4.69, 9.17) is 10.5 Å². The summed E-state index contributed by atoms with van der Waals surface area (Å²) in [5.74, 6) is 0.500. The van der Waals surface area contributed by atoms with Gasteiger partial charge in [-0.3, -0.25) is 9.67 Å². The molecule has 2 heterocycles. The molecule has 0 aromatic carbocycles. The fourth-order valence-corrected chi connectivity index (χ4v) is 2.36.